The summed E-state index contributed by atoms with van der Waals surface area (Å²) >= 11 is 0. The minimum Gasteiger partial charge on any atom is -0.325 e. The van der Waals surface area contributed by atoms with Gasteiger partial charge in [0.05, 0.1) is 10.6 Å². The zero-order valence-electron chi connectivity index (χ0n) is 21.6. The first kappa shape index (κ1) is 25.1. The first-order chi connectivity index (χ1) is 18.2. The van der Waals surface area contributed by atoms with Gasteiger partial charge in [0.15, 0.2) is 0 Å². The fourth-order valence-corrected chi connectivity index (χ4v) is 8.92. The first-order valence-corrected chi connectivity index (χ1v) is 14.9. The molecule has 0 aliphatic heterocycles. The quantitative estimate of drug-likeness (QED) is 0.381. The molecule has 0 radical (unpaired) electrons. The summed E-state index contributed by atoms with van der Waals surface area (Å²) in [7, 11) is -4.18. The Morgan fingerprint density at radius 1 is 0.895 bits per heavy atom. The lowest BCUT2D eigenvalue weighted by molar-refractivity contribution is -0.114. The van der Waals surface area contributed by atoms with E-state index in [1.54, 1.807) is 18.2 Å². The van der Waals surface area contributed by atoms with E-state index in [1.807, 2.05) is 19.1 Å². The van der Waals surface area contributed by atoms with Gasteiger partial charge in [-0.2, -0.15) is 0 Å². The van der Waals surface area contributed by atoms with Crippen LogP contribution in [0, 0.1) is 30.5 Å². The predicted octanol–water partition coefficient (Wildman–Crippen LogP) is 6.44. The molecule has 4 saturated carbocycles. The molecular formula is C31H33FN2O3S. The van der Waals surface area contributed by atoms with Gasteiger partial charge < -0.3 is 5.32 Å². The minimum atomic E-state index is -4.18. The maximum absolute atomic E-state index is 14.7. The molecule has 0 atom stereocenters. The fraction of sp³-hybridized carbons (Fsp3) is 0.387. The van der Waals surface area contributed by atoms with Gasteiger partial charge in [-0.1, -0.05) is 42.0 Å². The van der Waals surface area contributed by atoms with Gasteiger partial charge in [-0.05, 0) is 111 Å². The lowest BCUT2D eigenvalue weighted by atomic mass is 9.48. The van der Waals surface area contributed by atoms with Crippen LogP contribution in [0.15, 0.2) is 77.7 Å². The van der Waals surface area contributed by atoms with Crippen molar-refractivity contribution in [2.45, 2.75) is 55.8 Å². The Labute approximate surface area is 224 Å². The predicted molar refractivity (Wildman–Crippen MR) is 147 cm³/mol. The van der Waals surface area contributed by atoms with Crippen molar-refractivity contribution >= 4 is 27.3 Å². The van der Waals surface area contributed by atoms with E-state index in [-0.39, 0.29) is 16.0 Å². The average Bonchev–Trinajstić information content (AvgIpc) is 2.88. The highest BCUT2D eigenvalue weighted by atomic mass is 32.2. The summed E-state index contributed by atoms with van der Waals surface area (Å²) in [5, 5.41) is 2.83. The van der Waals surface area contributed by atoms with E-state index < -0.39 is 28.3 Å². The summed E-state index contributed by atoms with van der Waals surface area (Å²) in [6.07, 6.45) is 7.95. The number of nitrogens with one attached hydrogen (secondary N) is 1. The van der Waals surface area contributed by atoms with Crippen molar-refractivity contribution < 1.29 is 17.6 Å². The van der Waals surface area contributed by atoms with Gasteiger partial charge in [0.1, 0.15) is 12.4 Å². The maximum atomic E-state index is 14.7. The number of aryl methyl sites for hydroxylation is 1. The van der Waals surface area contributed by atoms with E-state index >= 15 is 0 Å². The highest BCUT2D eigenvalue weighted by Crippen LogP contribution is 2.60. The van der Waals surface area contributed by atoms with Gasteiger partial charge in [-0.3, -0.25) is 9.10 Å². The molecule has 1 amide bonds. The second kappa shape index (κ2) is 9.53. The Morgan fingerprint density at radius 3 is 2.05 bits per heavy atom. The third-order valence-corrected chi connectivity index (χ3v) is 10.6. The molecule has 0 saturated heterocycles. The number of nitrogens with zero attached hydrogens (tertiary/aromatic N) is 1. The number of anilines is 2. The molecule has 3 aromatic rings. The van der Waals surface area contributed by atoms with E-state index in [4.69, 9.17) is 0 Å². The topological polar surface area (TPSA) is 66.5 Å². The van der Waals surface area contributed by atoms with Crippen LogP contribution in [0.25, 0.3) is 0 Å². The van der Waals surface area contributed by atoms with E-state index in [1.165, 1.54) is 74.4 Å². The number of sulfonamides is 1. The molecule has 4 aliphatic carbocycles. The molecular weight excluding hydrogens is 499 g/mol. The number of benzene rings is 3. The SMILES string of the molecule is Cc1ccc(S(=O)(=O)N(CC(=O)Nc2ccc(C34CC5CC(CC(C5)C3)C4)cc2)c2ccccc2F)cc1. The van der Waals surface area contributed by atoms with Crippen LogP contribution in [0.5, 0.6) is 0 Å². The van der Waals surface area contributed by atoms with E-state index in [0.717, 1.165) is 27.6 Å². The van der Waals surface area contributed by atoms with Crippen LogP contribution in [-0.4, -0.2) is 20.9 Å². The van der Waals surface area contributed by atoms with Crippen molar-refractivity contribution in [2.75, 3.05) is 16.2 Å². The van der Waals surface area contributed by atoms with E-state index in [0.29, 0.717) is 5.69 Å². The molecule has 4 fully saturated rings. The van der Waals surface area contributed by atoms with Crippen molar-refractivity contribution in [2.24, 2.45) is 17.8 Å². The standard InChI is InChI=1S/C31H33FN2O3S/c1-21-6-12-27(13-7-21)38(36,37)34(29-5-3-2-4-28(29)32)20-30(35)33-26-10-8-25(9-11-26)31-17-22-14-23(18-31)16-24(15-22)19-31/h2-13,22-24H,14-20H2,1H3,(H,33,35). The number of hydrogen-bond donors (Lipinski definition) is 1. The summed E-state index contributed by atoms with van der Waals surface area (Å²) in [6.45, 7) is 1.31. The Hall–Kier alpha value is -3.19. The van der Waals surface area contributed by atoms with Crippen LogP contribution >= 0.6 is 0 Å². The van der Waals surface area contributed by atoms with Crippen molar-refractivity contribution in [3.05, 3.63) is 89.7 Å². The highest BCUT2D eigenvalue weighted by Gasteiger charge is 2.51. The van der Waals surface area contributed by atoms with Gasteiger partial charge in [0.2, 0.25) is 5.91 Å². The summed E-state index contributed by atoms with van der Waals surface area (Å²) in [6, 6.07) is 20.0. The summed E-state index contributed by atoms with van der Waals surface area (Å²) in [5.74, 6) is 1.30. The van der Waals surface area contributed by atoms with Crippen molar-refractivity contribution in [1.29, 1.82) is 0 Å². The third-order valence-electron chi connectivity index (χ3n) is 8.84. The van der Waals surface area contributed by atoms with Crippen LogP contribution in [0.1, 0.15) is 49.7 Å². The molecule has 0 spiro atoms. The Kier molecular flexibility index (Phi) is 6.29. The number of carbonyl (C=O) groups is 1. The van der Waals surface area contributed by atoms with Crippen LogP contribution < -0.4 is 9.62 Å². The van der Waals surface area contributed by atoms with Gasteiger partial charge in [0, 0.05) is 5.69 Å². The van der Waals surface area contributed by atoms with Crippen molar-refractivity contribution in [3.8, 4) is 0 Å². The van der Waals surface area contributed by atoms with Crippen LogP contribution in [0.4, 0.5) is 15.8 Å². The first-order valence-electron chi connectivity index (χ1n) is 13.5. The maximum Gasteiger partial charge on any atom is 0.264 e. The molecule has 1 N–H and O–H groups in total. The Morgan fingerprint density at radius 2 is 1.47 bits per heavy atom. The molecule has 7 heteroatoms. The van der Waals surface area contributed by atoms with Crippen LogP contribution in [-0.2, 0) is 20.2 Å². The number of para-hydroxylation sites is 1. The van der Waals surface area contributed by atoms with Gasteiger partial charge in [-0.15, -0.1) is 0 Å². The monoisotopic (exact) mass is 532 g/mol. The Bertz CT molecular complexity index is 1420. The Balaban J connectivity index is 1.22. The number of amides is 1. The average molecular weight is 533 g/mol. The zero-order valence-corrected chi connectivity index (χ0v) is 22.4. The van der Waals surface area contributed by atoms with Crippen LogP contribution in [0.3, 0.4) is 0 Å². The third kappa shape index (κ3) is 4.62. The lowest BCUT2D eigenvalue weighted by Crippen LogP contribution is -2.48. The summed E-state index contributed by atoms with van der Waals surface area (Å²) < 4.78 is 42.6. The molecule has 3 aromatic carbocycles. The summed E-state index contributed by atoms with van der Waals surface area (Å²) in [5.41, 5.74) is 2.95. The highest BCUT2D eigenvalue weighted by molar-refractivity contribution is 7.92. The molecule has 0 heterocycles. The fourth-order valence-electron chi connectivity index (χ4n) is 7.49. The zero-order chi connectivity index (χ0) is 26.5. The molecule has 0 unspecified atom stereocenters. The van der Waals surface area contributed by atoms with Gasteiger partial charge in [-0.25, -0.2) is 12.8 Å². The second-order valence-electron chi connectivity index (χ2n) is 11.6. The molecule has 38 heavy (non-hydrogen) atoms. The molecule has 198 valence electrons. The molecule has 7 rings (SSSR count). The summed E-state index contributed by atoms with van der Waals surface area (Å²) in [4.78, 5) is 13.1. The smallest absolute Gasteiger partial charge is 0.264 e. The molecule has 0 aromatic heterocycles. The van der Waals surface area contributed by atoms with Gasteiger partial charge in [0.25, 0.3) is 10.0 Å². The molecule has 4 bridgehead atoms. The minimum absolute atomic E-state index is 0.000853. The normalized spacial score (nSPS) is 25.8. The molecule has 5 nitrogen and oxygen atoms in total. The van der Waals surface area contributed by atoms with Crippen molar-refractivity contribution in [1.82, 2.24) is 0 Å². The van der Waals surface area contributed by atoms with E-state index in [9.17, 15) is 17.6 Å². The lowest BCUT2D eigenvalue weighted by Gasteiger charge is -2.57. The van der Waals surface area contributed by atoms with E-state index in [2.05, 4.69) is 17.4 Å². The van der Waals surface area contributed by atoms with Gasteiger partial charge >= 0.3 is 0 Å². The molecule has 4 aliphatic rings. The number of hydrogen-bond acceptors (Lipinski definition) is 3. The van der Waals surface area contributed by atoms with Crippen molar-refractivity contribution in [3.63, 3.8) is 0 Å². The number of halogens is 1. The van der Waals surface area contributed by atoms with Crippen LogP contribution in [0.2, 0.25) is 0 Å². The second-order valence-corrected chi connectivity index (χ2v) is 13.5. The largest absolute Gasteiger partial charge is 0.325 e. The number of rotatable bonds is 7. The number of carbonyl (C=O) groups excluding carboxylic acids is 1.